The van der Waals surface area contributed by atoms with E-state index in [0.717, 1.165) is 40.1 Å². The Hall–Kier alpha value is -1.89. The summed E-state index contributed by atoms with van der Waals surface area (Å²) in [5.74, 6) is 0.422. The molecule has 5 nitrogen and oxygen atoms in total. The van der Waals surface area contributed by atoms with Gasteiger partial charge < -0.3 is 11.1 Å². The van der Waals surface area contributed by atoms with E-state index in [4.69, 9.17) is 5.73 Å². The van der Waals surface area contributed by atoms with Crippen LogP contribution in [0.25, 0.3) is 10.2 Å². The molecule has 2 atom stereocenters. The molecule has 0 bridgehead atoms. The number of nitrogens with zero attached hydrogens (tertiary/aromatic N) is 2. The molecule has 0 saturated heterocycles. The molecule has 7 heteroatoms. The average Bonchev–Trinajstić information content (AvgIpc) is 3.34. The molecule has 3 aromatic rings. The van der Waals surface area contributed by atoms with Gasteiger partial charge in [-0.3, -0.25) is 9.48 Å². The molecule has 4 rings (SSSR count). The Kier molecular flexibility index (Phi) is 6.19. The number of carbonyl (C=O) groups is 1. The minimum Gasteiger partial charge on any atom is -0.348 e. The molecule has 2 heterocycles. The van der Waals surface area contributed by atoms with Gasteiger partial charge in [-0.1, -0.05) is 36.8 Å². The molecule has 1 aromatic carbocycles. The van der Waals surface area contributed by atoms with Crippen molar-refractivity contribution >= 4 is 39.9 Å². The minimum absolute atomic E-state index is 0. The van der Waals surface area contributed by atoms with E-state index in [1.807, 2.05) is 35.9 Å². The number of aryl methyl sites for hydroxylation is 1. The normalized spacial score (nSPS) is 19.2. The van der Waals surface area contributed by atoms with Gasteiger partial charge in [0, 0.05) is 11.4 Å². The maximum atomic E-state index is 12.7. The number of rotatable bonds is 5. The predicted octanol–water partition coefficient (Wildman–Crippen LogP) is 3.73. The van der Waals surface area contributed by atoms with E-state index < -0.39 is 0 Å². The molecule has 144 valence electrons. The van der Waals surface area contributed by atoms with Crippen LogP contribution < -0.4 is 11.1 Å². The Morgan fingerprint density at radius 1 is 1.33 bits per heavy atom. The molecular formula is C20H25ClN4OS. The van der Waals surface area contributed by atoms with Crippen LogP contribution in [0.3, 0.4) is 0 Å². The fourth-order valence-electron chi connectivity index (χ4n) is 3.84. The maximum absolute atomic E-state index is 12.7. The summed E-state index contributed by atoms with van der Waals surface area (Å²) in [4.78, 5) is 14.5. The van der Waals surface area contributed by atoms with E-state index in [1.165, 1.54) is 16.9 Å². The Morgan fingerprint density at radius 2 is 2.11 bits per heavy atom. The summed E-state index contributed by atoms with van der Waals surface area (Å²) in [5, 5.41) is 8.92. The van der Waals surface area contributed by atoms with Gasteiger partial charge in [-0.2, -0.15) is 5.10 Å². The van der Waals surface area contributed by atoms with Crippen molar-refractivity contribution < 1.29 is 4.79 Å². The summed E-state index contributed by atoms with van der Waals surface area (Å²) in [6, 6.07) is 12.5. The molecule has 1 aliphatic carbocycles. The quantitative estimate of drug-likeness (QED) is 0.680. The van der Waals surface area contributed by atoms with Crippen molar-refractivity contribution in [1.82, 2.24) is 15.1 Å². The standard InChI is InChI=1S/C20H24N4OS.ClH/c1-13-16-10-18(19(25)22-17-9-5-8-15(17)11-21)26-20(16)24(23-13)12-14-6-3-2-4-7-14;/h2-4,6-7,10,15,17H,5,8-9,11-12,21H2,1H3,(H,22,25);1H. The number of hydrogen-bond acceptors (Lipinski definition) is 4. The van der Waals surface area contributed by atoms with Gasteiger partial charge in [0.1, 0.15) is 4.83 Å². The Bertz CT molecular complexity index is 921. The van der Waals surface area contributed by atoms with Gasteiger partial charge in [0.05, 0.1) is 17.1 Å². The smallest absolute Gasteiger partial charge is 0.261 e. The molecule has 27 heavy (non-hydrogen) atoms. The predicted molar refractivity (Wildman–Crippen MR) is 113 cm³/mol. The molecule has 1 saturated carbocycles. The van der Waals surface area contributed by atoms with Crippen LogP contribution in [0.5, 0.6) is 0 Å². The van der Waals surface area contributed by atoms with Crippen molar-refractivity contribution in [3.05, 3.63) is 52.5 Å². The van der Waals surface area contributed by atoms with Gasteiger partial charge >= 0.3 is 0 Å². The minimum atomic E-state index is 0. The Balaban J connectivity index is 0.00000210. The molecule has 1 fully saturated rings. The summed E-state index contributed by atoms with van der Waals surface area (Å²) in [5.41, 5.74) is 8.00. The molecule has 3 N–H and O–H groups in total. The van der Waals surface area contributed by atoms with Crippen molar-refractivity contribution in [3.63, 3.8) is 0 Å². The van der Waals surface area contributed by atoms with Crippen molar-refractivity contribution in [3.8, 4) is 0 Å². The lowest BCUT2D eigenvalue weighted by Crippen LogP contribution is -2.39. The molecule has 0 aliphatic heterocycles. The summed E-state index contributed by atoms with van der Waals surface area (Å²) >= 11 is 1.52. The van der Waals surface area contributed by atoms with Crippen molar-refractivity contribution in [1.29, 1.82) is 0 Å². The van der Waals surface area contributed by atoms with Crippen LogP contribution >= 0.6 is 23.7 Å². The molecule has 2 unspecified atom stereocenters. The van der Waals surface area contributed by atoms with Crippen LogP contribution in [0.1, 0.15) is 40.2 Å². The Labute approximate surface area is 169 Å². The van der Waals surface area contributed by atoms with Crippen LogP contribution in [-0.2, 0) is 6.54 Å². The molecule has 0 spiro atoms. The number of benzene rings is 1. The SMILES string of the molecule is Cc1nn(Cc2ccccc2)c2sc(C(=O)NC3CCCC3CN)cc12.Cl. The highest BCUT2D eigenvalue weighted by atomic mass is 35.5. The monoisotopic (exact) mass is 404 g/mol. The third-order valence-corrected chi connectivity index (χ3v) is 6.43. The van der Waals surface area contributed by atoms with E-state index in [9.17, 15) is 4.79 Å². The van der Waals surface area contributed by atoms with Gasteiger partial charge in [0.2, 0.25) is 0 Å². The highest BCUT2D eigenvalue weighted by Gasteiger charge is 2.28. The van der Waals surface area contributed by atoms with Crippen LogP contribution in [0, 0.1) is 12.8 Å². The summed E-state index contributed by atoms with van der Waals surface area (Å²) in [7, 11) is 0. The van der Waals surface area contributed by atoms with E-state index in [-0.39, 0.29) is 24.4 Å². The Morgan fingerprint density at radius 3 is 2.85 bits per heavy atom. The number of halogens is 1. The van der Waals surface area contributed by atoms with Crippen molar-refractivity contribution in [2.45, 2.75) is 38.8 Å². The number of carbonyl (C=O) groups excluding carboxylic acids is 1. The number of hydrogen-bond donors (Lipinski definition) is 2. The molecule has 2 aromatic heterocycles. The van der Waals surface area contributed by atoms with Gasteiger partial charge in [0.15, 0.2) is 0 Å². The highest BCUT2D eigenvalue weighted by molar-refractivity contribution is 7.20. The fourth-order valence-corrected chi connectivity index (χ4v) is 4.90. The first-order chi connectivity index (χ1) is 12.7. The number of thiophene rings is 1. The fraction of sp³-hybridized carbons (Fsp3) is 0.400. The zero-order valence-electron chi connectivity index (χ0n) is 15.4. The third-order valence-electron chi connectivity index (χ3n) is 5.28. The lowest BCUT2D eigenvalue weighted by Gasteiger charge is -2.18. The van der Waals surface area contributed by atoms with E-state index in [2.05, 4.69) is 22.5 Å². The number of aromatic nitrogens is 2. The molecule has 1 aliphatic rings. The lowest BCUT2D eigenvalue weighted by molar-refractivity contribution is 0.0933. The highest BCUT2D eigenvalue weighted by Crippen LogP contribution is 2.30. The van der Waals surface area contributed by atoms with Crippen LogP contribution in [0.15, 0.2) is 36.4 Å². The third kappa shape index (κ3) is 4.03. The van der Waals surface area contributed by atoms with E-state index >= 15 is 0 Å². The zero-order chi connectivity index (χ0) is 18.1. The van der Waals surface area contributed by atoms with Crippen molar-refractivity contribution in [2.75, 3.05) is 6.54 Å². The molecule has 0 radical (unpaired) electrons. The summed E-state index contributed by atoms with van der Waals surface area (Å²) in [6.45, 7) is 3.35. The second kappa shape index (κ2) is 8.42. The van der Waals surface area contributed by atoms with E-state index in [0.29, 0.717) is 19.0 Å². The average molecular weight is 405 g/mol. The topological polar surface area (TPSA) is 72.9 Å². The summed E-state index contributed by atoms with van der Waals surface area (Å²) in [6.07, 6.45) is 3.28. The zero-order valence-corrected chi connectivity index (χ0v) is 17.0. The van der Waals surface area contributed by atoms with Crippen LogP contribution in [-0.4, -0.2) is 28.3 Å². The summed E-state index contributed by atoms with van der Waals surface area (Å²) < 4.78 is 2.00. The first-order valence-corrected chi connectivity index (χ1v) is 9.99. The lowest BCUT2D eigenvalue weighted by atomic mass is 10.0. The molecular weight excluding hydrogens is 380 g/mol. The van der Waals surface area contributed by atoms with Crippen LogP contribution in [0.4, 0.5) is 0 Å². The number of fused-ring (bicyclic) bond motifs is 1. The maximum Gasteiger partial charge on any atom is 0.261 e. The first kappa shape index (κ1) is 19.9. The number of nitrogens with two attached hydrogens (primary N) is 1. The van der Waals surface area contributed by atoms with Crippen molar-refractivity contribution in [2.24, 2.45) is 11.7 Å². The van der Waals surface area contributed by atoms with E-state index in [1.54, 1.807) is 0 Å². The molecule has 1 amide bonds. The van der Waals surface area contributed by atoms with Gasteiger partial charge in [-0.15, -0.1) is 23.7 Å². The first-order valence-electron chi connectivity index (χ1n) is 9.17. The van der Waals surface area contributed by atoms with Crippen LogP contribution in [0.2, 0.25) is 0 Å². The largest absolute Gasteiger partial charge is 0.348 e. The second-order valence-electron chi connectivity index (χ2n) is 7.06. The number of nitrogens with one attached hydrogen (secondary N) is 1. The van der Waals surface area contributed by atoms with Gasteiger partial charge in [-0.05, 0) is 43.9 Å². The second-order valence-corrected chi connectivity index (χ2v) is 8.10. The number of amides is 1. The van der Waals surface area contributed by atoms with Gasteiger partial charge in [-0.25, -0.2) is 0 Å². The van der Waals surface area contributed by atoms with Gasteiger partial charge in [0.25, 0.3) is 5.91 Å².